The number of hydrogen-bond donors (Lipinski definition) is 1. The highest BCUT2D eigenvalue weighted by Gasteiger charge is 2.31. The van der Waals surface area contributed by atoms with Crippen LogP contribution in [0, 0.1) is 0 Å². The quantitative estimate of drug-likeness (QED) is 0.357. The Bertz CT molecular complexity index is 1140. The lowest BCUT2D eigenvalue weighted by molar-refractivity contribution is -0.118. The molecule has 152 valence electrons. The summed E-state index contributed by atoms with van der Waals surface area (Å²) in [6, 6.07) is 16.2. The van der Waals surface area contributed by atoms with Gasteiger partial charge in [0.15, 0.2) is 5.17 Å². The third-order valence-electron chi connectivity index (χ3n) is 4.28. The monoisotopic (exact) mass is 477 g/mol. The molecule has 1 aliphatic rings. The highest BCUT2D eigenvalue weighted by Crippen LogP contribution is 2.28. The maximum Gasteiger partial charge on any atom is 0.239 e. The molecule has 30 heavy (non-hydrogen) atoms. The Morgan fingerprint density at radius 1 is 1.03 bits per heavy atom. The number of amides is 1. The molecule has 1 amide bonds. The maximum absolute atomic E-state index is 12.2. The van der Waals surface area contributed by atoms with E-state index in [2.05, 4.69) is 15.5 Å². The van der Waals surface area contributed by atoms with Crippen LogP contribution in [0.4, 0.5) is 0 Å². The second kappa shape index (κ2) is 9.27. The predicted molar refractivity (Wildman–Crippen MR) is 124 cm³/mol. The Labute approximate surface area is 192 Å². The molecule has 0 spiro atoms. The van der Waals surface area contributed by atoms with E-state index in [0.717, 1.165) is 11.1 Å². The average Bonchev–Trinajstić information content (AvgIpc) is 3.32. The molecule has 0 aliphatic carbocycles. The summed E-state index contributed by atoms with van der Waals surface area (Å²) < 4.78 is 5.74. The summed E-state index contributed by atoms with van der Waals surface area (Å²) in [6.45, 7) is 0. The van der Waals surface area contributed by atoms with Crippen LogP contribution in [0.2, 0.25) is 15.1 Å². The normalized spacial score (nSPS) is 17.8. The van der Waals surface area contributed by atoms with E-state index >= 15 is 0 Å². The van der Waals surface area contributed by atoms with Gasteiger partial charge in [-0.1, -0.05) is 46.6 Å². The summed E-state index contributed by atoms with van der Waals surface area (Å²) in [5.74, 6) is 1.09. The second-order valence-corrected chi connectivity index (χ2v) is 8.87. The summed E-state index contributed by atoms with van der Waals surface area (Å²) in [6.07, 6.45) is 1.93. The van der Waals surface area contributed by atoms with Crippen LogP contribution in [0.5, 0.6) is 0 Å². The lowest BCUT2D eigenvalue weighted by Crippen LogP contribution is -2.26. The van der Waals surface area contributed by atoms with Crippen molar-refractivity contribution in [2.75, 3.05) is 0 Å². The van der Waals surface area contributed by atoms with Gasteiger partial charge in [-0.15, -0.1) is 5.10 Å². The van der Waals surface area contributed by atoms with Gasteiger partial charge in [0.05, 0.1) is 11.5 Å². The first-order chi connectivity index (χ1) is 14.5. The molecular formula is C21H14Cl3N3O2S. The number of amidine groups is 1. The van der Waals surface area contributed by atoms with E-state index in [4.69, 9.17) is 39.2 Å². The molecule has 0 saturated carbocycles. The second-order valence-electron chi connectivity index (χ2n) is 6.39. The van der Waals surface area contributed by atoms with Gasteiger partial charge in [0.1, 0.15) is 11.5 Å². The molecule has 1 aliphatic heterocycles. The van der Waals surface area contributed by atoms with Crippen LogP contribution in [0.15, 0.2) is 69.2 Å². The molecular weight excluding hydrogens is 465 g/mol. The number of thioether (sulfide) groups is 1. The SMILES string of the molecule is O=C1N/C(=N\N=C\c2ccc(-c3ccc(Cl)cc3)o2)SC1Cc1cc(Cl)ccc1Cl. The van der Waals surface area contributed by atoms with Crippen LogP contribution in [0.1, 0.15) is 11.3 Å². The number of rotatable bonds is 5. The smallest absolute Gasteiger partial charge is 0.239 e. The van der Waals surface area contributed by atoms with E-state index in [1.807, 2.05) is 18.2 Å². The number of nitrogens with zero attached hydrogens (tertiary/aromatic N) is 2. The molecule has 2 heterocycles. The zero-order chi connectivity index (χ0) is 21.1. The van der Waals surface area contributed by atoms with Crippen LogP contribution in [-0.4, -0.2) is 22.5 Å². The molecule has 1 unspecified atom stereocenters. The first kappa shape index (κ1) is 21.0. The molecule has 0 radical (unpaired) electrons. The van der Waals surface area contributed by atoms with Crippen LogP contribution in [-0.2, 0) is 11.2 Å². The molecule has 4 rings (SSSR count). The standard InChI is InChI=1S/C21H14Cl3N3O2S/c22-14-3-1-12(2-4-14)18-8-6-16(29-18)11-25-27-21-26-20(28)19(30-21)10-13-9-15(23)5-7-17(13)24/h1-9,11,19H,10H2,(H,26,27,28)/b25-11+. The van der Waals surface area contributed by atoms with Crippen LogP contribution in [0.3, 0.4) is 0 Å². The van der Waals surface area contributed by atoms with Crippen molar-refractivity contribution < 1.29 is 9.21 Å². The summed E-state index contributed by atoms with van der Waals surface area (Å²) >= 11 is 19.4. The van der Waals surface area contributed by atoms with Crippen molar-refractivity contribution in [1.29, 1.82) is 0 Å². The van der Waals surface area contributed by atoms with Gasteiger partial charge < -0.3 is 9.73 Å². The van der Waals surface area contributed by atoms with Gasteiger partial charge in [-0.25, -0.2) is 0 Å². The van der Waals surface area contributed by atoms with E-state index in [9.17, 15) is 4.79 Å². The van der Waals surface area contributed by atoms with Gasteiger partial charge in [-0.2, -0.15) is 5.10 Å². The lowest BCUT2D eigenvalue weighted by Gasteiger charge is -2.07. The Morgan fingerprint density at radius 2 is 1.80 bits per heavy atom. The first-order valence-corrected chi connectivity index (χ1v) is 10.9. The fourth-order valence-corrected chi connectivity index (χ4v) is 4.28. The van der Waals surface area contributed by atoms with Gasteiger partial charge in [0.2, 0.25) is 5.91 Å². The van der Waals surface area contributed by atoms with Crippen molar-refractivity contribution in [2.24, 2.45) is 10.2 Å². The molecule has 1 fully saturated rings. The molecule has 0 bridgehead atoms. The number of carbonyl (C=O) groups excluding carboxylic acids is 1. The molecule has 1 aromatic heterocycles. The first-order valence-electron chi connectivity index (χ1n) is 8.86. The zero-order valence-electron chi connectivity index (χ0n) is 15.3. The highest BCUT2D eigenvalue weighted by molar-refractivity contribution is 8.15. The van der Waals surface area contributed by atoms with Crippen molar-refractivity contribution in [1.82, 2.24) is 5.32 Å². The number of benzene rings is 2. The Kier molecular flexibility index (Phi) is 6.49. The highest BCUT2D eigenvalue weighted by atomic mass is 35.5. The maximum atomic E-state index is 12.2. The summed E-state index contributed by atoms with van der Waals surface area (Å²) in [5, 5.41) is 12.7. The van der Waals surface area contributed by atoms with Gasteiger partial charge in [-0.3, -0.25) is 4.79 Å². The fraction of sp³-hybridized carbons (Fsp3) is 0.0952. The topological polar surface area (TPSA) is 67.0 Å². The molecule has 1 N–H and O–H groups in total. The Balaban J connectivity index is 1.40. The van der Waals surface area contributed by atoms with Gasteiger partial charge in [-0.05, 0) is 66.6 Å². The number of carbonyl (C=O) groups is 1. The Morgan fingerprint density at radius 3 is 2.60 bits per heavy atom. The van der Waals surface area contributed by atoms with Gasteiger partial charge in [0.25, 0.3) is 0 Å². The van der Waals surface area contributed by atoms with Crippen molar-refractivity contribution >= 4 is 63.9 Å². The summed E-state index contributed by atoms with van der Waals surface area (Å²) in [4.78, 5) is 12.2. The minimum atomic E-state index is -0.352. The van der Waals surface area contributed by atoms with Crippen molar-refractivity contribution in [3.8, 4) is 11.3 Å². The zero-order valence-corrected chi connectivity index (χ0v) is 18.4. The van der Waals surface area contributed by atoms with E-state index < -0.39 is 0 Å². The van der Waals surface area contributed by atoms with Crippen molar-refractivity contribution in [2.45, 2.75) is 11.7 Å². The largest absolute Gasteiger partial charge is 0.455 e. The molecule has 1 saturated heterocycles. The molecule has 5 nitrogen and oxygen atoms in total. The van der Waals surface area contributed by atoms with Crippen LogP contribution < -0.4 is 5.32 Å². The van der Waals surface area contributed by atoms with E-state index in [0.29, 0.717) is 38.2 Å². The third kappa shape index (κ3) is 5.08. The number of nitrogens with one attached hydrogen (secondary N) is 1. The van der Waals surface area contributed by atoms with Crippen molar-refractivity contribution in [3.05, 3.63) is 81.0 Å². The van der Waals surface area contributed by atoms with Crippen LogP contribution >= 0.6 is 46.6 Å². The van der Waals surface area contributed by atoms with E-state index in [1.54, 1.807) is 36.4 Å². The Hall–Kier alpha value is -2.25. The molecule has 9 heteroatoms. The summed E-state index contributed by atoms with van der Waals surface area (Å²) in [5.41, 5.74) is 1.72. The summed E-state index contributed by atoms with van der Waals surface area (Å²) in [7, 11) is 0. The molecule has 1 atom stereocenters. The average molecular weight is 479 g/mol. The van der Waals surface area contributed by atoms with Gasteiger partial charge in [0, 0.05) is 20.6 Å². The fourth-order valence-electron chi connectivity index (χ4n) is 2.82. The number of furan rings is 1. The van der Waals surface area contributed by atoms with Crippen molar-refractivity contribution in [3.63, 3.8) is 0 Å². The molecule has 2 aromatic carbocycles. The van der Waals surface area contributed by atoms with Crippen LogP contribution in [0.25, 0.3) is 11.3 Å². The minimum absolute atomic E-state index is 0.145. The number of halogens is 3. The van der Waals surface area contributed by atoms with E-state index in [1.165, 1.54) is 18.0 Å². The molecule has 3 aromatic rings. The number of hydrogen-bond acceptors (Lipinski definition) is 5. The lowest BCUT2D eigenvalue weighted by atomic mass is 10.1. The minimum Gasteiger partial charge on any atom is -0.455 e. The van der Waals surface area contributed by atoms with E-state index in [-0.39, 0.29) is 11.2 Å². The van der Waals surface area contributed by atoms with Gasteiger partial charge >= 0.3 is 0 Å². The third-order valence-corrected chi connectivity index (χ3v) is 6.21. The predicted octanol–water partition coefficient (Wildman–Crippen LogP) is 6.07.